The van der Waals surface area contributed by atoms with E-state index in [0.29, 0.717) is 0 Å². The van der Waals surface area contributed by atoms with Crippen molar-refractivity contribution in [1.82, 2.24) is 0 Å². The first kappa shape index (κ1) is 6.70. The van der Waals surface area contributed by atoms with E-state index >= 15 is 0 Å². The molecule has 0 aromatic rings. The zero-order chi connectivity index (χ0) is 4.99. The quantitative estimate of drug-likeness (QED) is 0.364. The molecule has 2 nitrogen and oxygen atoms in total. The zero-order valence-electron chi connectivity index (χ0n) is 2.80. The third-order valence-corrected chi connectivity index (χ3v) is 1.12. The SMILES string of the molecule is O=[P+](S)OCCl. The van der Waals surface area contributed by atoms with Gasteiger partial charge in [0.15, 0.2) is 6.07 Å². The summed E-state index contributed by atoms with van der Waals surface area (Å²) in [4.78, 5) is 0. The maximum absolute atomic E-state index is 9.75. The molecule has 0 bridgehead atoms. The van der Waals surface area contributed by atoms with E-state index in [1.807, 2.05) is 0 Å². The molecule has 0 amide bonds. The molecule has 0 N–H and O–H groups in total. The molecule has 0 aliphatic heterocycles. The summed E-state index contributed by atoms with van der Waals surface area (Å²) >= 11 is 8.32. The predicted octanol–water partition coefficient (Wildman–Crippen LogP) is 1.79. The predicted molar refractivity (Wildman–Crippen MR) is 28.4 cm³/mol. The first-order valence-electron chi connectivity index (χ1n) is 1.12. The molecule has 0 heterocycles. The Morgan fingerprint density at radius 1 is 2.00 bits per heavy atom. The Kier molecular flexibility index (Phi) is 4.33. The van der Waals surface area contributed by atoms with Gasteiger partial charge in [-0.1, -0.05) is 11.6 Å². The molecule has 6 heavy (non-hydrogen) atoms. The van der Waals surface area contributed by atoms with Crippen molar-refractivity contribution in [3.63, 3.8) is 0 Å². The van der Waals surface area contributed by atoms with Crippen molar-refractivity contribution < 1.29 is 9.09 Å². The Bertz CT molecular complexity index is 57.5. The van der Waals surface area contributed by atoms with Gasteiger partial charge in [-0.2, -0.15) is 0 Å². The lowest BCUT2D eigenvalue weighted by Gasteiger charge is -1.66. The van der Waals surface area contributed by atoms with Gasteiger partial charge in [-0.25, -0.2) is 0 Å². The van der Waals surface area contributed by atoms with E-state index in [4.69, 9.17) is 11.6 Å². The Morgan fingerprint density at radius 3 is 2.50 bits per heavy atom. The molecule has 0 aromatic carbocycles. The molecule has 36 valence electrons. The van der Waals surface area contributed by atoms with E-state index in [1.54, 1.807) is 0 Å². The minimum atomic E-state index is -1.79. The molecule has 0 saturated heterocycles. The Labute approximate surface area is 46.9 Å². The molecule has 0 spiro atoms. The molecule has 0 aromatic heterocycles. The molecule has 5 heteroatoms. The van der Waals surface area contributed by atoms with Crippen LogP contribution in [0, 0.1) is 0 Å². The lowest BCUT2D eigenvalue weighted by atomic mass is 11.7. The first-order valence-corrected chi connectivity index (χ1v) is 3.99. The van der Waals surface area contributed by atoms with E-state index in [2.05, 4.69) is 16.8 Å². The van der Waals surface area contributed by atoms with E-state index < -0.39 is 7.23 Å². The van der Waals surface area contributed by atoms with Gasteiger partial charge in [0.1, 0.15) is 12.2 Å². The van der Waals surface area contributed by atoms with Crippen molar-refractivity contribution in [2.24, 2.45) is 0 Å². The standard InChI is InChI=1S/CH2ClO2PS/c2-1-4-5(3)6/h1H2/p+1. The number of hydrogen-bond acceptors (Lipinski definition) is 2. The van der Waals surface area contributed by atoms with Crippen LogP contribution in [0.1, 0.15) is 0 Å². The van der Waals surface area contributed by atoms with Gasteiger partial charge in [-0.05, 0) is 4.57 Å². The van der Waals surface area contributed by atoms with Crippen LogP contribution in [0.4, 0.5) is 0 Å². The molecule has 0 aliphatic rings. The fraction of sp³-hybridized carbons (Fsp3) is 1.00. The fourth-order valence-corrected chi connectivity index (χ4v) is 0.768. The molecular formula is CH3ClO2PS+. The molecule has 1 unspecified atom stereocenters. The van der Waals surface area contributed by atoms with E-state index in [1.165, 1.54) is 0 Å². The van der Waals surface area contributed by atoms with Crippen LogP contribution in [0.3, 0.4) is 0 Å². The summed E-state index contributed by atoms with van der Waals surface area (Å²) < 4.78 is 13.9. The van der Waals surface area contributed by atoms with Gasteiger partial charge in [0, 0.05) is 0 Å². The highest BCUT2D eigenvalue weighted by Gasteiger charge is 2.05. The summed E-state index contributed by atoms with van der Waals surface area (Å²) in [6.07, 6.45) is 0. The van der Waals surface area contributed by atoms with E-state index in [-0.39, 0.29) is 6.07 Å². The number of rotatable bonds is 2. The molecule has 0 saturated carbocycles. The highest BCUT2D eigenvalue weighted by atomic mass is 35.5. The second kappa shape index (κ2) is 3.88. The molecule has 0 rings (SSSR count). The first-order chi connectivity index (χ1) is 2.77. The minimum Gasteiger partial charge on any atom is -0.120 e. The van der Waals surface area contributed by atoms with Gasteiger partial charge in [0.05, 0.1) is 0 Å². The highest BCUT2D eigenvalue weighted by Crippen LogP contribution is 2.26. The van der Waals surface area contributed by atoms with Crippen LogP contribution in [-0.2, 0) is 9.09 Å². The van der Waals surface area contributed by atoms with E-state index in [9.17, 15) is 4.57 Å². The summed E-state index contributed by atoms with van der Waals surface area (Å²) in [7, 11) is -1.79. The molecule has 0 radical (unpaired) electrons. The normalized spacial score (nSPS) is 11.3. The van der Waals surface area contributed by atoms with Crippen molar-refractivity contribution in [2.75, 3.05) is 6.07 Å². The summed E-state index contributed by atoms with van der Waals surface area (Å²) in [5.41, 5.74) is 0. The summed E-state index contributed by atoms with van der Waals surface area (Å²) in [5.74, 6) is 0. The van der Waals surface area contributed by atoms with Gasteiger partial charge < -0.3 is 0 Å². The Morgan fingerprint density at radius 2 is 2.50 bits per heavy atom. The van der Waals surface area contributed by atoms with Crippen LogP contribution < -0.4 is 0 Å². The number of thiol groups is 1. The third-order valence-electron chi connectivity index (χ3n) is 0.159. The van der Waals surface area contributed by atoms with Crippen LogP contribution >= 0.6 is 31.1 Å². The summed E-state index contributed by atoms with van der Waals surface area (Å²) in [6, 6.07) is -0.0568. The van der Waals surface area contributed by atoms with Crippen LogP contribution in [0.25, 0.3) is 0 Å². The van der Waals surface area contributed by atoms with Gasteiger partial charge in [-0.15, -0.1) is 4.52 Å². The number of hydrogen-bond donors (Lipinski definition) is 1. The second-order valence-corrected chi connectivity index (χ2v) is 2.41. The average Bonchev–Trinajstić information content (AvgIpc) is 1.35. The summed E-state index contributed by atoms with van der Waals surface area (Å²) in [5, 5.41) is 0. The largest absolute Gasteiger partial charge is 0.583 e. The minimum absolute atomic E-state index is 0.0568. The second-order valence-electron chi connectivity index (χ2n) is 0.476. The Hall–Kier alpha value is 0.700. The van der Waals surface area contributed by atoms with Gasteiger partial charge in [-0.3, -0.25) is 0 Å². The fourth-order valence-electron chi connectivity index (χ4n) is 0.0417. The molecule has 0 fully saturated rings. The highest BCUT2D eigenvalue weighted by molar-refractivity contribution is 8.39. The maximum Gasteiger partial charge on any atom is 0.583 e. The smallest absolute Gasteiger partial charge is 0.120 e. The topological polar surface area (TPSA) is 26.3 Å². The van der Waals surface area contributed by atoms with Crippen molar-refractivity contribution in [2.45, 2.75) is 0 Å². The zero-order valence-corrected chi connectivity index (χ0v) is 5.34. The summed E-state index contributed by atoms with van der Waals surface area (Å²) in [6.45, 7) is 0. The van der Waals surface area contributed by atoms with Crippen molar-refractivity contribution >= 4 is 31.1 Å². The number of halogens is 1. The van der Waals surface area contributed by atoms with Gasteiger partial charge in [0.2, 0.25) is 0 Å². The van der Waals surface area contributed by atoms with Crippen LogP contribution in [0.5, 0.6) is 0 Å². The Balaban J connectivity index is 2.83. The lowest BCUT2D eigenvalue weighted by molar-refractivity contribution is 0.406. The van der Waals surface area contributed by atoms with Crippen molar-refractivity contribution in [1.29, 1.82) is 0 Å². The third kappa shape index (κ3) is 4.70. The lowest BCUT2D eigenvalue weighted by Crippen LogP contribution is -1.64. The van der Waals surface area contributed by atoms with Gasteiger partial charge >= 0.3 is 7.23 Å². The van der Waals surface area contributed by atoms with Gasteiger partial charge in [0.25, 0.3) is 0 Å². The monoisotopic (exact) mass is 145 g/mol. The molecular weight excluding hydrogens is 143 g/mol. The van der Waals surface area contributed by atoms with Crippen LogP contribution in [-0.4, -0.2) is 6.07 Å². The van der Waals surface area contributed by atoms with Crippen molar-refractivity contribution in [3.8, 4) is 0 Å². The maximum atomic E-state index is 9.75. The van der Waals surface area contributed by atoms with E-state index in [0.717, 1.165) is 0 Å². The van der Waals surface area contributed by atoms with Crippen LogP contribution in [0.15, 0.2) is 0 Å². The molecule has 1 atom stereocenters. The number of alkyl halides is 1. The molecule has 0 aliphatic carbocycles. The average molecular weight is 146 g/mol. The van der Waals surface area contributed by atoms with Crippen molar-refractivity contribution in [3.05, 3.63) is 0 Å². The van der Waals surface area contributed by atoms with Crippen LogP contribution in [0.2, 0.25) is 0 Å².